The van der Waals surface area contributed by atoms with Gasteiger partial charge >= 0.3 is 5.69 Å². The third-order valence-electron chi connectivity index (χ3n) is 4.03. The Labute approximate surface area is 172 Å². The molecule has 0 saturated carbocycles. The number of ether oxygens (including phenoxy) is 1. The molecule has 0 aliphatic rings. The van der Waals surface area contributed by atoms with Crippen molar-refractivity contribution in [1.29, 1.82) is 0 Å². The van der Waals surface area contributed by atoms with Gasteiger partial charge in [-0.25, -0.2) is 0 Å². The Hall–Kier alpha value is -3.20. The smallest absolute Gasteiger partial charge is 0.311 e. The van der Waals surface area contributed by atoms with Gasteiger partial charge < -0.3 is 4.74 Å². The number of thioether (sulfide) groups is 1. The molecule has 0 fully saturated rings. The zero-order valence-electron chi connectivity index (χ0n) is 16.2. The summed E-state index contributed by atoms with van der Waals surface area (Å²) in [5.41, 5.74) is 1.60. The van der Waals surface area contributed by atoms with Crippen LogP contribution in [0, 0.1) is 10.1 Å². The monoisotopic (exact) mass is 411 g/mol. The molecular formula is C20H21N5O3S. The maximum Gasteiger partial charge on any atom is 0.311 e. The Bertz CT molecular complexity index is 1000. The number of hydrogen-bond donors (Lipinski definition) is 0. The lowest BCUT2D eigenvalue weighted by Gasteiger charge is -2.06. The van der Waals surface area contributed by atoms with E-state index in [-0.39, 0.29) is 11.4 Å². The first kappa shape index (κ1) is 20.5. The highest BCUT2D eigenvalue weighted by Gasteiger charge is 2.16. The molecule has 0 aliphatic carbocycles. The highest BCUT2D eigenvalue weighted by molar-refractivity contribution is 7.98. The van der Waals surface area contributed by atoms with Gasteiger partial charge in [-0.1, -0.05) is 49.0 Å². The van der Waals surface area contributed by atoms with Gasteiger partial charge in [-0.2, -0.15) is 9.78 Å². The normalized spacial score (nSPS) is 11.1. The minimum absolute atomic E-state index is 0.0826. The zero-order chi connectivity index (χ0) is 20.6. The molecule has 0 N–H and O–H groups in total. The number of nitro benzene ring substituents is 1. The van der Waals surface area contributed by atoms with Gasteiger partial charge in [-0.3, -0.25) is 10.1 Å². The van der Waals surface area contributed by atoms with Gasteiger partial charge in [0.15, 0.2) is 11.6 Å². The maximum absolute atomic E-state index is 11.4. The highest BCUT2D eigenvalue weighted by Crippen LogP contribution is 2.27. The third-order valence-corrected chi connectivity index (χ3v) is 4.65. The fourth-order valence-electron chi connectivity index (χ4n) is 2.64. The number of aromatic nitrogens is 3. The standard InChI is InChI=1S/C20H21N5O3S/c1-3-11-28-18-10-9-16(12-17(18)25(26)27)14-21-24-19(22-23-20(24)29-2)13-15-7-5-4-6-8-15/h4-10,12,14H,3,11,13H2,1-2H3/b21-14-. The average molecular weight is 411 g/mol. The number of hydrogen-bond acceptors (Lipinski definition) is 7. The van der Waals surface area contributed by atoms with E-state index in [1.165, 1.54) is 17.8 Å². The molecule has 150 valence electrons. The van der Waals surface area contributed by atoms with E-state index in [2.05, 4.69) is 15.3 Å². The molecule has 3 aromatic rings. The SMILES string of the molecule is CCCOc1ccc(/C=N\n2c(Cc3ccccc3)nnc2SC)cc1[N+](=O)[O-]. The summed E-state index contributed by atoms with van der Waals surface area (Å²) >= 11 is 1.43. The Morgan fingerprint density at radius 1 is 1.24 bits per heavy atom. The third kappa shape index (κ3) is 5.20. The summed E-state index contributed by atoms with van der Waals surface area (Å²) in [7, 11) is 0. The van der Waals surface area contributed by atoms with Crippen molar-refractivity contribution >= 4 is 23.7 Å². The number of benzene rings is 2. The van der Waals surface area contributed by atoms with Gasteiger partial charge in [0.25, 0.3) is 0 Å². The van der Waals surface area contributed by atoms with Crippen LogP contribution < -0.4 is 4.74 Å². The quantitative estimate of drug-likeness (QED) is 0.227. The van der Waals surface area contributed by atoms with E-state index < -0.39 is 4.92 Å². The van der Waals surface area contributed by atoms with E-state index in [9.17, 15) is 10.1 Å². The summed E-state index contributed by atoms with van der Waals surface area (Å²) in [4.78, 5) is 10.9. The second kappa shape index (κ2) is 9.83. The van der Waals surface area contributed by atoms with Crippen molar-refractivity contribution in [3.05, 3.63) is 75.6 Å². The summed E-state index contributed by atoms with van der Waals surface area (Å²) < 4.78 is 7.12. The van der Waals surface area contributed by atoms with Crippen LogP contribution in [0.1, 0.15) is 30.3 Å². The van der Waals surface area contributed by atoms with Crippen molar-refractivity contribution in [2.75, 3.05) is 12.9 Å². The fourth-order valence-corrected chi connectivity index (χ4v) is 3.09. The molecular weight excluding hydrogens is 390 g/mol. The molecule has 1 heterocycles. The van der Waals surface area contributed by atoms with Crippen LogP contribution in [0.5, 0.6) is 5.75 Å². The average Bonchev–Trinajstić information content (AvgIpc) is 3.13. The van der Waals surface area contributed by atoms with Crippen molar-refractivity contribution < 1.29 is 9.66 Å². The van der Waals surface area contributed by atoms with Crippen molar-refractivity contribution in [3.8, 4) is 5.75 Å². The van der Waals surface area contributed by atoms with Crippen LogP contribution >= 0.6 is 11.8 Å². The topological polar surface area (TPSA) is 95.4 Å². The first-order valence-corrected chi connectivity index (χ1v) is 10.3. The lowest BCUT2D eigenvalue weighted by atomic mass is 10.1. The molecule has 9 heteroatoms. The highest BCUT2D eigenvalue weighted by atomic mass is 32.2. The van der Waals surface area contributed by atoms with E-state index in [1.54, 1.807) is 23.0 Å². The fraction of sp³-hybridized carbons (Fsp3) is 0.250. The summed E-state index contributed by atoms with van der Waals surface area (Å²) in [6, 6.07) is 14.7. The van der Waals surface area contributed by atoms with Crippen LogP contribution in [0.2, 0.25) is 0 Å². The largest absolute Gasteiger partial charge is 0.487 e. The van der Waals surface area contributed by atoms with Crippen molar-refractivity contribution in [1.82, 2.24) is 14.9 Å². The molecule has 2 aromatic carbocycles. The summed E-state index contributed by atoms with van der Waals surface area (Å²) in [6.45, 7) is 2.37. The van der Waals surface area contributed by atoms with Crippen LogP contribution in [0.25, 0.3) is 0 Å². The molecule has 0 saturated heterocycles. The van der Waals surface area contributed by atoms with E-state index >= 15 is 0 Å². The second-order valence-corrected chi connectivity index (χ2v) is 6.93. The molecule has 8 nitrogen and oxygen atoms in total. The van der Waals surface area contributed by atoms with E-state index in [0.717, 1.165) is 12.0 Å². The van der Waals surface area contributed by atoms with Crippen molar-refractivity contribution in [3.63, 3.8) is 0 Å². The summed E-state index contributed by atoms with van der Waals surface area (Å²) in [5, 5.41) is 24.9. The summed E-state index contributed by atoms with van der Waals surface area (Å²) in [6.07, 6.45) is 4.81. The molecule has 1 aromatic heterocycles. The predicted octanol–water partition coefficient (Wildman–Crippen LogP) is 4.17. The van der Waals surface area contributed by atoms with Gasteiger partial charge in [0.1, 0.15) is 0 Å². The van der Waals surface area contributed by atoms with Gasteiger partial charge in [-0.05, 0) is 30.4 Å². The molecule has 0 aliphatic heterocycles. The van der Waals surface area contributed by atoms with Crippen LogP contribution in [0.4, 0.5) is 5.69 Å². The predicted molar refractivity (Wildman–Crippen MR) is 113 cm³/mol. The van der Waals surface area contributed by atoms with Crippen LogP contribution in [0.3, 0.4) is 0 Å². The molecule has 0 spiro atoms. The van der Waals surface area contributed by atoms with Gasteiger partial charge in [0.05, 0.1) is 17.7 Å². The molecule has 0 atom stereocenters. The van der Waals surface area contributed by atoms with Gasteiger partial charge in [-0.15, -0.1) is 10.2 Å². The number of rotatable bonds is 9. The van der Waals surface area contributed by atoms with E-state index in [1.807, 2.05) is 43.5 Å². The lowest BCUT2D eigenvalue weighted by molar-refractivity contribution is -0.385. The Morgan fingerprint density at radius 2 is 2.03 bits per heavy atom. The Morgan fingerprint density at radius 3 is 2.72 bits per heavy atom. The Balaban J connectivity index is 1.88. The van der Waals surface area contributed by atoms with Crippen molar-refractivity contribution in [2.45, 2.75) is 24.9 Å². The maximum atomic E-state index is 11.4. The molecule has 0 radical (unpaired) electrons. The zero-order valence-corrected chi connectivity index (χ0v) is 17.0. The number of nitrogens with zero attached hydrogens (tertiary/aromatic N) is 5. The molecule has 29 heavy (non-hydrogen) atoms. The lowest BCUT2D eigenvalue weighted by Crippen LogP contribution is -2.02. The van der Waals surface area contributed by atoms with Crippen LogP contribution in [0.15, 0.2) is 58.8 Å². The minimum Gasteiger partial charge on any atom is -0.487 e. The van der Waals surface area contributed by atoms with Crippen LogP contribution in [-0.2, 0) is 6.42 Å². The number of nitro groups is 1. The van der Waals surface area contributed by atoms with Gasteiger partial charge in [0.2, 0.25) is 5.16 Å². The Kier molecular flexibility index (Phi) is 6.96. The second-order valence-electron chi connectivity index (χ2n) is 6.15. The van der Waals surface area contributed by atoms with E-state index in [0.29, 0.717) is 29.6 Å². The molecule has 0 bridgehead atoms. The first-order valence-electron chi connectivity index (χ1n) is 9.10. The molecule has 0 amide bonds. The molecule has 3 rings (SSSR count). The minimum atomic E-state index is -0.449. The van der Waals surface area contributed by atoms with Crippen LogP contribution in [-0.4, -0.2) is 38.9 Å². The van der Waals surface area contributed by atoms with Gasteiger partial charge in [0, 0.05) is 18.1 Å². The van der Waals surface area contributed by atoms with Crippen molar-refractivity contribution in [2.24, 2.45) is 5.10 Å². The molecule has 0 unspecified atom stereocenters. The summed E-state index contributed by atoms with van der Waals surface area (Å²) in [5.74, 6) is 0.946. The van der Waals surface area contributed by atoms with E-state index in [4.69, 9.17) is 4.74 Å². The first-order chi connectivity index (χ1) is 14.1.